The second-order valence-corrected chi connectivity index (χ2v) is 6.39. The summed E-state index contributed by atoms with van der Waals surface area (Å²) in [6, 6.07) is 6.77. The molecular weight excluding hydrogens is 289 g/mol. The van der Waals surface area contributed by atoms with Crippen LogP contribution >= 0.6 is 19.1 Å². The molecule has 19 heavy (non-hydrogen) atoms. The first-order valence-electron chi connectivity index (χ1n) is 5.22. The molecule has 0 aliphatic rings. The smallest absolute Gasteiger partial charge is 0.296 e. The molecule has 2 N–H and O–H groups in total. The first-order chi connectivity index (χ1) is 9.06. The number of fused-ring (bicyclic) bond motifs is 1. The van der Waals surface area contributed by atoms with Crippen LogP contribution < -0.4 is 10.4 Å². The van der Waals surface area contributed by atoms with Crippen LogP contribution in [-0.4, -0.2) is 25.2 Å². The lowest BCUT2D eigenvalue weighted by Crippen LogP contribution is -2.27. The maximum Gasteiger partial charge on any atom is 0.435 e. The number of benzene rings is 1. The molecule has 0 unspecified atom stereocenters. The molecule has 0 fully saturated rings. The molecule has 2 aromatic rings. The normalized spacial score (nSPS) is 11.5. The average Bonchev–Trinajstić information content (AvgIpc) is 2.80. The summed E-state index contributed by atoms with van der Waals surface area (Å²) in [5.74, 6) is 0. The summed E-state index contributed by atoms with van der Waals surface area (Å²) in [6.07, 6.45) is 0. The largest absolute Gasteiger partial charge is 0.435 e. The van der Waals surface area contributed by atoms with Gasteiger partial charge in [-0.25, -0.2) is 19.4 Å². The minimum atomic E-state index is -3.59. The molecule has 1 aromatic heterocycles. The predicted molar refractivity (Wildman–Crippen MR) is 73.4 cm³/mol. The van der Waals surface area contributed by atoms with Crippen LogP contribution in [0.4, 0.5) is 9.93 Å². The molecule has 0 atom stereocenters. The molecule has 2 amide bonds. The van der Waals surface area contributed by atoms with Gasteiger partial charge in [0.1, 0.15) is 0 Å². The van der Waals surface area contributed by atoms with Gasteiger partial charge < -0.3 is 0 Å². The number of amides is 2. The van der Waals surface area contributed by atoms with E-state index >= 15 is 0 Å². The second kappa shape index (κ2) is 5.66. The van der Waals surface area contributed by atoms with E-state index in [2.05, 4.69) is 24.4 Å². The van der Waals surface area contributed by atoms with E-state index < -0.39 is 13.8 Å². The zero-order chi connectivity index (χ0) is 13.9. The number of carbonyl (C=O) groups excluding carboxylic acids is 1. The van der Waals surface area contributed by atoms with E-state index in [1.165, 1.54) is 25.6 Å². The van der Waals surface area contributed by atoms with E-state index in [9.17, 15) is 9.36 Å². The molecule has 102 valence electrons. The fourth-order valence-corrected chi connectivity index (χ4v) is 2.84. The lowest BCUT2D eigenvalue weighted by atomic mass is 10.3. The first-order valence-corrected chi connectivity index (χ1v) is 7.58. The van der Waals surface area contributed by atoms with Crippen LogP contribution in [0.1, 0.15) is 0 Å². The maximum atomic E-state index is 11.7. The van der Waals surface area contributed by atoms with Gasteiger partial charge in [0, 0.05) is 14.2 Å². The first kappa shape index (κ1) is 14.0. The van der Waals surface area contributed by atoms with E-state index in [4.69, 9.17) is 0 Å². The van der Waals surface area contributed by atoms with Crippen LogP contribution in [0.15, 0.2) is 24.3 Å². The maximum absolute atomic E-state index is 11.7. The summed E-state index contributed by atoms with van der Waals surface area (Å²) < 4.78 is 21.8. The Hall–Kier alpha value is -1.47. The highest BCUT2D eigenvalue weighted by Crippen LogP contribution is 2.41. The van der Waals surface area contributed by atoms with Crippen molar-refractivity contribution >= 4 is 40.5 Å². The van der Waals surface area contributed by atoms with Crippen molar-refractivity contribution in [3.8, 4) is 0 Å². The standard InChI is InChI=1S/C10H12N3O4PS/c1-16-18(15,17-2)13-9(14)12-10-11-7-5-3-4-6-8(7)19-10/h3-6H,1-2H3,(H2,11,12,13,14,15). The highest BCUT2D eigenvalue weighted by Gasteiger charge is 2.24. The van der Waals surface area contributed by atoms with Gasteiger partial charge in [0.05, 0.1) is 10.2 Å². The molecule has 0 spiro atoms. The highest BCUT2D eigenvalue weighted by molar-refractivity contribution is 7.52. The van der Waals surface area contributed by atoms with E-state index in [1.807, 2.05) is 24.3 Å². The molecule has 0 radical (unpaired) electrons. The van der Waals surface area contributed by atoms with Crippen molar-refractivity contribution in [1.82, 2.24) is 10.1 Å². The summed E-state index contributed by atoms with van der Waals surface area (Å²) in [7, 11) is -1.23. The van der Waals surface area contributed by atoms with Gasteiger partial charge >= 0.3 is 13.8 Å². The molecule has 2 rings (SSSR count). The molecule has 0 aliphatic carbocycles. The third kappa shape index (κ3) is 3.30. The Labute approximate surface area is 113 Å². The van der Waals surface area contributed by atoms with E-state index in [-0.39, 0.29) is 0 Å². The minimum Gasteiger partial charge on any atom is -0.296 e. The molecule has 9 heteroatoms. The van der Waals surface area contributed by atoms with Crippen LogP contribution in [-0.2, 0) is 13.6 Å². The summed E-state index contributed by atoms with van der Waals surface area (Å²) in [5, 5.41) is 4.99. The summed E-state index contributed by atoms with van der Waals surface area (Å²) >= 11 is 1.31. The summed E-state index contributed by atoms with van der Waals surface area (Å²) in [6.45, 7) is 0. The topological polar surface area (TPSA) is 89.5 Å². The van der Waals surface area contributed by atoms with Crippen molar-refractivity contribution in [2.45, 2.75) is 0 Å². The number of hydrogen-bond donors (Lipinski definition) is 2. The number of anilines is 1. The third-order valence-electron chi connectivity index (χ3n) is 2.23. The van der Waals surface area contributed by atoms with Gasteiger partial charge in [0.15, 0.2) is 5.13 Å². The number of hydrogen-bond acceptors (Lipinski definition) is 6. The Morgan fingerprint density at radius 3 is 2.63 bits per heavy atom. The fraction of sp³-hybridized carbons (Fsp3) is 0.200. The second-order valence-electron chi connectivity index (χ2n) is 3.42. The number of aromatic nitrogens is 1. The monoisotopic (exact) mass is 301 g/mol. The lowest BCUT2D eigenvalue weighted by molar-refractivity contribution is 0.242. The van der Waals surface area contributed by atoms with Crippen molar-refractivity contribution in [3.63, 3.8) is 0 Å². The van der Waals surface area contributed by atoms with Crippen LogP contribution in [0.2, 0.25) is 0 Å². The van der Waals surface area contributed by atoms with Gasteiger partial charge in [-0.1, -0.05) is 23.5 Å². The zero-order valence-corrected chi connectivity index (χ0v) is 12.0. The Morgan fingerprint density at radius 1 is 1.32 bits per heavy atom. The van der Waals surface area contributed by atoms with Crippen molar-refractivity contribution in [3.05, 3.63) is 24.3 Å². The molecular formula is C10H12N3O4PS. The van der Waals surface area contributed by atoms with Crippen LogP contribution in [0.5, 0.6) is 0 Å². The third-order valence-corrected chi connectivity index (χ3v) is 4.62. The average molecular weight is 301 g/mol. The van der Waals surface area contributed by atoms with Gasteiger partial charge in [-0.3, -0.25) is 14.4 Å². The van der Waals surface area contributed by atoms with Crippen LogP contribution in [0.25, 0.3) is 10.2 Å². The zero-order valence-electron chi connectivity index (χ0n) is 10.2. The number of thiazole rings is 1. The van der Waals surface area contributed by atoms with Gasteiger partial charge in [-0.05, 0) is 12.1 Å². The highest BCUT2D eigenvalue weighted by atomic mass is 32.1. The van der Waals surface area contributed by atoms with Gasteiger partial charge in [0.25, 0.3) is 0 Å². The molecule has 0 aliphatic heterocycles. The number of para-hydroxylation sites is 1. The lowest BCUT2D eigenvalue weighted by Gasteiger charge is -2.13. The Balaban J connectivity index is 2.08. The number of carbonyl (C=O) groups is 1. The van der Waals surface area contributed by atoms with Crippen LogP contribution in [0.3, 0.4) is 0 Å². The van der Waals surface area contributed by atoms with Gasteiger partial charge in [0.2, 0.25) is 0 Å². The minimum absolute atomic E-state index is 0.400. The van der Waals surface area contributed by atoms with E-state index in [1.54, 1.807) is 0 Å². The van der Waals surface area contributed by atoms with Crippen molar-refractivity contribution in [1.29, 1.82) is 0 Å². The predicted octanol–water partition coefficient (Wildman–Crippen LogP) is 2.82. The molecule has 1 aromatic carbocycles. The van der Waals surface area contributed by atoms with Crippen molar-refractivity contribution < 1.29 is 18.4 Å². The molecule has 7 nitrogen and oxygen atoms in total. The molecule has 1 heterocycles. The Morgan fingerprint density at radius 2 is 2.00 bits per heavy atom. The summed E-state index contributed by atoms with van der Waals surface area (Å²) in [5.41, 5.74) is 0.782. The molecule has 0 bridgehead atoms. The Bertz CT molecular complexity index is 603. The number of rotatable bonds is 4. The Kier molecular flexibility index (Phi) is 4.16. The van der Waals surface area contributed by atoms with Crippen molar-refractivity contribution in [2.75, 3.05) is 19.5 Å². The molecule has 0 saturated heterocycles. The number of nitrogens with zero attached hydrogens (tertiary/aromatic N) is 1. The quantitative estimate of drug-likeness (QED) is 0.848. The SMILES string of the molecule is COP(=O)(NC(=O)Nc1nc2ccccc2s1)OC. The van der Waals surface area contributed by atoms with Crippen molar-refractivity contribution in [2.24, 2.45) is 0 Å². The number of urea groups is 1. The number of nitrogens with one attached hydrogen (secondary N) is 2. The van der Waals surface area contributed by atoms with Gasteiger partial charge in [-0.15, -0.1) is 0 Å². The fourth-order valence-electron chi connectivity index (χ4n) is 1.34. The summed E-state index contributed by atoms with van der Waals surface area (Å²) in [4.78, 5) is 15.8. The van der Waals surface area contributed by atoms with Gasteiger partial charge in [-0.2, -0.15) is 0 Å². The van der Waals surface area contributed by atoms with E-state index in [0.717, 1.165) is 10.2 Å². The van der Waals surface area contributed by atoms with Crippen LogP contribution in [0, 0.1) is 0 Å². The molecule has 0 saturated carbocycles. The van der Waals surface area contributed by atoms with E-state index in [0.29, 0.717) is 5.13 Å².